The van der Waals surface area contributed by atoms with Crippen molar-refractivity contribution < 1.29 is 13.2 Å². The highest BCUT2D eigenvalue weighted by molar-refractivity contribution is 7.90. The Kier molecular flexibility index (Phi) is 5.92. The van der Waals surface area contributed by atoms with Crippen LogP contribution in [0.25, 0.3) is 0 Å². The van der Waals surface area contributed by atoms with Gasteiger partial charge in [0.05, 0.1) is 23.6 Å². The summed E-state index contributed by atoms with van der Waals surface area (Å²) >= 11 is 0. The molecule has 1 heterocycles. The fourth-order valence-corrected chi connectivity index (χ4v) is 11.1. The number of Topliss-reactive ketones (excluding diaryl/α,β-unsaturated/α-hetero) is 1. The zero-order valence-electron chi connectivity index (χ0n) is 21.7. The van der Waals surface area contributed by atoms with E-state index in [-0.39, 0.29) is 35.0 Å². The molecule has 8 heteroatoms. The lowest BCUT2D eigenvalue weighted by atomic mass is 9.43. The van der Waals surface area contributed by atoms with Crippen molar-refractivity contribution in [3.8, 4) is 6.07 Å². The summed E-state index contributed by atoms with van der Waals surface area (Å²) in [6.45, 7) is 5.18. The molecule has 0 saturated heterocycles. The number of carbonyl (C=O) groups is 1. The molecular formula is C28H40N4O3S. The Morgan fingerprint density at radius 3 is 2.47 bits per heavy atom. The van der Waals surface area contributed by atoms with Gasteiger partial charge in [0.15, 0.2) is 5.78 Å². The number of rotatable bonds is 6. The predicted octanol–water partition coefficient (Wildman–Crippen LogP) is 4.43. The van der Waals surface area contributed by atoms with Crippen molar-refractivity contribution in [1.29, 1.82) is 5.26 Å². The minimum atomic E-state index is -3.12. The molecule has 8 atom stereocenters. The minimum Gasteiger partial charge on any atom is -0.297 e. The second kappa shape index (κ2) is 8.66. The van der Waals surface area contributed by atoms with Crippen LogP contribution in [0.1, 0.15) is 90.0 Å². The molecule has 196 valence electrons. The third kappa shape index (κ3) is 3.96. The van der Waals surface area contributed by atoms with Gasteiger partial charge in [-0.2, -0.15) is 10.4 Å². The van der Waals surface area contributed by atoms with E-state index in [1.807, 2.05) is 0 Å². The first-order valence-corrected chi connectivity index (χ1v) is 15.6. The van der Waals surface area contributed by atoms with E-state index in [4.69, 9.17) is 5.26 Å². The zero-order chi connectivity index (χ0) is 25.3. The molecule has 0 bridgehead atoms. The molecule has 0 aliphatic heterocycles. The summed E-state index contributed by atoms with van der Waals surface area (Å²) < 4.78 is 29.8. The van der Waals surface area contributed by atoms with Crippen molar-refractivity contribution in [2.24, 2.45) is 40.4 Å². The quantitative estimate of drug-likeness (QED) is 0.607. The van der Waals surface area contributed by atoms with Crippen LogP contribution in [0, 0.1) is 51.8 Å². The number of nitrogens with one attached hydrogen (secondary N) is 1. The van der Waals surface area contributed by atoms with E-state index in [2.05, 4.69) is 29.7 Å². The first-order valence-electron chi connectivity index (χ1n) is 14.1. The zero-order valence-corrected chi connectivity index (χ0v) is 22.5. The lowest BCUT2D eigenvalue weighted by Crippen LogP contribution is -2.56. The van der Waals surface area contributed by atoms with Crippen LogP contribution in [0.4, 0.5) is 0 Å². The topological polar surface area (TPSA) is 105 Å². The van der Waals surface area contributed by atoms with Gasteiger partial charge in [-0.25, -0.2) is 13.1 Å². The predicted molar refractivity (Wildman–Crippen MR) is 136 cm³/mol. The van der Waals surface area contributed by atoms with Gasteiger partial charge >= 0.3 is 0 Å². The Labute approximate surface area is 215 Å². The van der Waals surface area contributed by atoms with E-state index in [1.54, 1.807) is 10.9 Å². The van der Waals surface area contributed by atoms with Crippen LogP contribution in [-0.2, 0) is 21.4 Å². The third-order valence-electron chi connectivity index (χ3n) is 11.4. The van der Waals surface area contributed by atoms with Crippen molar-refractivity contribution in [3.63, 3.8) is 0 Å². The molecule has 7 nitrogen and oxygen atoms in total. The van der Waals surface area contributed by atoms with Gasteiger partial charge in [0.1, 0.15) is 6.07 Å². The average molecular weight is 513 g/mol. The molecule has 1 aromatic rings. The molecule has 0 aromatic carbocycles. The monoisotopic (exact) mass is 512 g/mol. The maximum absolute atomic E-state index is 13.4. The molecule has 0 spiro atoms. The molecule has 1 N–H and O–H groups in total. The summed E-state index contributed by atoms with van der Waals surface area (Å²) in [6, 6.07) is 2.21. The minimum absolute atomic E-state index is 0.0520. The van der Waals surface area contributed by atoms with Gasteiger partial charge in [-0.3, -0.25) is 9.48 Å². The summed E-state index contributed by atoms with van der Waals surface area (Å²) in [6.07, 6.45) is 14.7. The van der Waals surface area contributed by atoms with Gasteiger partial charge in [-0.05, 0) is 105 Å². The molecular weight excluding hydrogens is 472 g/mol. The normalized spacial score (nSPS) is 42.1. The van der Waals surface area contributed by atoms with Crippen LogP contribution >= 0.6 is 0 Å². The molecule has 6 rings (SSSR count). The van der Waals surface area contributed by atoms with E-state index in [9.17, 15) is 13.2 Å². The lowest BCUT2D eigenvalue weighted by Gasteiger charge is -2.62. The highest BCUT2D eigenvalue weighted by atomic mass is 32.2. The number of hydrogen-bond donors (Lipinski definition) is 1. The van der Waals surface area contributed by atoms with Crippen LogP contribution in [0.3, 0.4) is 0 Å². The lowest BCUT2D eigenvalue weighted by molar-refractivity contribution is -0.141. The van der Waals surface area contributed by atoms with Gasteiger partial charge in [0.2, 0.25) is 10.0 Å². The van der Waals surface area contributed by atoms with Crippen molar-refractivity contribution >= 4 is 15.8 Å². The second-order valence-corrected chi connectivity index (χ2v) is 15.2. The Balaban J connectivity index is 1.14. The fourth-order valence-electron chi connectivity index (χ4n) is 9.42. The third-order valence-corrected chi connectivity index (χ3v) is 13.4. The van der Waals surface area contributed by atoms with Crippen LogP contribution in [0.5, 0.6) is 0 Å². The highest BCUT2D eigenvalue weighted by Gasteiger charge is 2.62. The number of carbonyl (C=O) groups excluding carboxylic acids is 1. The standard InChI is InChI=1S/C28H40N4O3S/c1-27-11-12-28(2)24(9-10-25(28)26(33)17-32-16-18(14-29)15-30-32)23(27)7-3-19-13-20(4-8-22(19)27)31-36(34,35)21-5-6-21/h15-16,19-25,31H,3-13,17H2,1-2H3/t19-,20+,22+,23+,24+,25-,27-,28+/m1/s1. The second-order valence-electron chi connectivity index (χ2n) is 13.2. The van der Waals surface area contributed by atoms with Crippen LogP contribution in [0.2, 0.25) is 0 Å². The van der Waals surface area contributed by atoms with Crippen LogP contribution in [-0.4, -0.2) is 35.3 Å². The number of nitrogens with zero attached hydrogens (tertiary/aromatic N) is 3. The van der Waals surface area contributed by atoms with Gasteiger partial charge in [0, 0.05) is 18.2 Å². The van der Waals surface area contributed by atoms with E-state index in [0.717, 1.165) is 51.4 Å². The molecule has 5 aliphatic rings. The van der Waals surface area contributed by atoms with E-state index >= 15 is 0 Å². The number of fused-ring (bicyclic) bond motifs is 5. The summed E-state index contributed by atoms with van der Waals surface area (Å²) in [5.41, 5.74) is 0.851. The van der Waals surface area contributed by atoms with Crippen LogP contribution < -0.4 is 4.72 Å². The SMILES string of the molecule is C[C@]12CC[C@]3(C)[C@@H](C(=O)Cn4cc(C#N)cn4)CC[C@H]3[C@@H]1CC[C@@H]1C[C@@H](NS(=O)(=O)C3CC3)CC[C@@H]12. The van der Waals surface area contributed by atoms with Gasteiger partial charge in [0.25, 0.3) is 0 Å². The smallest absolute Gasteiger partial charge is 0.214 e. The summed E-state index contributed by atoms with van der Waals surface area (Å²) in [4.78, 5) is 13.4. The number of nitriles is 1. The Bertz CT molecular complexity index is 1180. The maximum atomic E-state index is 13.4. The number of sulfonamides is 1. The maximum Gasteiger partial charge on any atom is 0.214 e. The van der Waals surface area contributed by atoms with E-state index < -0.39 is 10.0 Å². The molecule has 1 aromatic heterocycles. The summed E-state index contributed by atoms with van der Waals surface area (Å²) in [7, 11) is -3.12. The van der Waals surface area contributed by atoms with Crippen molar-refractivity contribution in [1.82, 2.24) is 14.5 Å². The first kappa shape index (κ1) is 24.6. The van der Waals surface area contributed by atoms with E-state index in [1.165, 1.54) is 25.5 Å². The van der Waals surface area contributed by atoms with Crippen molar-refractivity contribution in [3.05, 3.63) is 18.0 Å². The van der Waals surface area contributed by atoms with Crippen LogP contribution in [0.15, 0.2) is 12.4 Å². The molecule has 5 aliphatic carbocycles. The number of ketones is 1. The largest absolute Gasteiger partial charge is 0.297 e. The Morgan fingerprint density at radius 1 is 1.06 bits per heavy atom. The average Bonchev–Trinajstić information content (AvgIpc) is 3.52. The summed E-state index contributed by atoms with van der Waals surface area (Å²) in [5, 5.41) is 13.2. The van der Waals surface area contributed by atoms with Crippen molar-refractivity contribution in [2.45, 2.75) is 102 Å². The molecule has 5 fully saturated rings. The van der Waals surface area contributed by atoms with Crippen molar-refractivity contribution in [2.75, 3.05) is 0 Å². The van der Waals surface area contributed by atoms with Gasteiger partial charge in [-0.15, -0.1) is 0 Å². The molecule has 5 saturated carbocycles. The number of hydrogen-bond acceptors (Lipinski definition) is 5. The first-order chi connectivity index (χ1) is 17.1. The Hall–Kier alpha value is -1.72. The fraction of sp³-hybridized carbons (Fsp3) is 0.821. The molecule has 36 heavy (non-hydrogen) atoms. The van der Waals surface area contributed by atoms with E-state index in [0.29, 0.717) is 34.7 Å². The molecule has 0 unspecified atom stereocenters. The van der Waals surface area contributed by atoms with Gasteiger partial charge in [-0.1, -0.05) is 13.8 Å². The highest BCUT2D eigenvalue weighted by Crippen LogP contribution is 2.68. The number of aromatic nitrogens is 2. The molecule has 0 radical (unpaired) electrons. The summed E-state index contributed by atoms with van der Waals surface area (Å²) in [5.74, 6) is 2.88. The van der Waals surface area contributed by atoms with Gasteiger partial charge < -0.3 is 0 Å². The Morgan fingerprint density at radius 2 is 1.75 bits per heavy atom. The molecule has 0 amide bonds.